The summed E-state index contributed by atoms with van der Waals surface area (Å²) in [5, 5.41) is 6.38. The average molecular weight is 369 g/mol. The molecular weight excluding hydrogens is 346 g/mol. The molecule has 0 bridgehead atoms. The monoisotopic (exact) mass is 369 g/mol. The van der Waals surface area contributed by atoms with Gasteiger partial charge in [0.05, 0.1) is 5.71 Å². The van der Waals surface area contributed by atoms with Crippen LogP contribution >= 0.6 is 0 Å². The van der Waals surface area contributed by atoms with Crippen LogP contribution < -0.4 is 0 Å². The zero-order valence-corrected chi connectivity index (χ0v) is 15.9. The summed E-state index contributed by atoms with van der Waals surface area (Å²) in [5.74, 6) is -0.0694. The van der Waals surface area contributed by atoms with Crippen LogP contribution in [0.4, 0.5) is 0 Å². The van der Waals surface area contributed by atoms with Gasteiger partial charge in [-0.25, -0.2) is 5.01 Å². The van der Waals surface area contributed by atoms with E-state index in [1.165, 1.54) is 5.56 Å². The molecular formula is C24H23N3O. The van der Waals surface area contributed by atoms with Gasteiger partial charge in [0.2, 0.25) is 5.91 Å². The summed E-state index contributed by atoms with van der Waals surface area (Å²) in [6.07, 6.45) is -0.230. The van der Waals surface area contributed by atoms with Crippen LogP contribution in [0.2, 0.25) is 0 Å². The van der Waals surface area contributed by atoms with E-state index in [0.717, 1.165) is 23.4 Å². The van der Waals surface area contributed by atoms with E-state index in [1.54, 1.807) is 11.9 Å². The van der Waals surface area contributed by atoms with Crippen molar-refractivity contribution in [2.24, 2.45) is 5.10 Å². The van der Waals surface area contributed by atoms with Crippen molar-refractivity contribution in [2.75, 3.05) is 6.54 Å². The molecule has 1 aliphatic heterocycles. The number of carbonyl (C=O) groups excluding carboxylic acids is 1. The first-order chi connectivity index (χ1) is 13.7. The molecule has 4 nitrogen and oxygen atoms in total. The molecule has 0 fully saturated rings. The summed E-state index contributed by atoms with van der Waals surface area (Å²) in [6, 6.07) is 30.5. The van der Waals surface area contributed by atoms with E-state index in [0.29, 0.717) is 6.54 Å². The van der Waals surface area contributed by atoms with Gasteiger partial charge >= 0.3 is 0 Å². The lowest BCUT2D eigenvalue weighted by atomic mass is 10.0. The Morgan fingerprint density at radius 2 is 1.46 bits per heavy atom. The van der Waals surface area contributed by atoms with Gasteiger partial charge in [0, 0.05) is 20.0 Å². The van der Waals surface area contributed by atoms with Crippen LogP contribution in [0.15, 0.2) is 96.1 Å². The van der Waals surface area contributed by atoms with Gasteiger partial charge in [0.1, 0.15) is 6.17 Å². The van der Waals surface area contributed by atoms with Crippen molar-refractivity contribution in [3.8, 4) is 0 Å². The average Bonchev–Trinajstić information content (AvgIpc) is 2.75. The largest absolute Gasteiger partial charge is 0.273 e. The van der Waals surface area contributed by atoms with Gasteiger partial charge < -0.3 is 0 Å². The highest BCUT2D eigenvalue weighted by Gasteiger charge is 2.34. The molecule has 1 aliphatic rings. The molecule has 1 atom stereocenters. The van der Waals surface area contributed by atoms with Crippen LogP contribution in [0.25, 0.3) is 0 Å². The molecule has 3 aromatic rings. The molecule has 28 heavy (non-hydrogen) atoms. The highest BCUT2D eigenvalue weighted by molar-refractivity contribution is 6.03. The number of hydrogen-bond acceptors (Lipinski definition) is 3. The molecule has 4 rings (SSSR count). The van der Waals surface area contributed by atoms with E-state index in [-0.39, 0.29) is 12.1 Å². The summed E-state index contributed by atoms with van der Waals surface area (Å²) >= 11 is 0. The fourth-order valence-electron chi connectivity index (χ4n) is 3.61. The summed E-state index contributed by atoms with van der Waals surface area (Å²) in [5.41, 5.74) is 4.21. The highest BCUT2D eigenvalue weighted by Crippen LogP contribution is 2.31. The van der Waals surface area contributed by atoms with E-state index >= 15 is 0 Å². The second kappa shape index (κ2) is 8.19. The van der Waals surface area contributed by atoms with Crippen molar-refractivity contribution < 1.29 is 4.79 Å². The fourth-order valence-corrected chi connectivity index (χ4v) is 3.61. The Morgan fingerprint density at radius 1 is 0.893 bits per heavy atom. The van der Waals surface area contributed by atoms with Crippen LogP contribution in [0.5, 0.6) is 0 Å². The molecule has 1 heterocycles. The van der Waals surface area contributed by atoms with Crippen LogP contribution in [0.3, 0.4) is 0 Å². The number of amides is 1. The first-order valence-corrected chi connectivity index (χ1v) is 9.48. The number of nitrogens with zero attached hydrogens (tertiary/aromatic N) is 3. The third-order valence-corrected chi connectivity index (χ3v) is 4.91. The number of hydrogen-bond donors (Lipinski definition) is 0. The van der Waals surface area contributed by atoms with Gasteiger partial charge in [-0.3, -0.25) is 9.69 Å². The quantitative estimate of drug-likeness (QED) is 0.681. The van der Waals surface area contributed by atoms with Crippen molar-refractivity contribution in [2.45, 2.75) is 19.6 Å². The molecule has 0 radical (unpaired) electrons. The number of benzene rings is 3. The third kappa shape index (κ3) is 3.87. The van der Waals surface area contributed by atoms with Crippen molar-refractivity contribution in [1.82, 2.24) is 9.91 Å². The lowest BCUT2D eigenvalue weighted by molar-refractivity contribution is -0.136. The van der Waals surface area contributed by atoms with Gasteiger partial charge in [-0.1, -0.05) is 91.0 Å². The van der Waals surface area contributed by atoms with Crippen LogP contribution in [-0.4, -0.2) is 28.1 Å². The number of carbonyl (C=O) groups is 1. The maximum absolute atomic E-state index is 12.5. The minimum atomic E-state index is -0.230. The van der Waals surface area contributed by atoms with Crippen molar-refractivity contribution >= 4 is 11.6 Å². The predicted octanol–water partition coefficient (Wildman–Crippen LogP) is 4.45. The molecule has 140 valence electrons. The highest BCUT2D eigenvalue weighted by atomic mass is 16.2. The molecule has 3 aromatic carbocycles. The van der Waals surface area contributed by atoms with E-state index in [4.69, 9.17) is 5.10 Å². The Balaban J connectivity index is 1.77. The van der Waals surface area contributed by atoms with Crippen molar-refractivity contribution in [3.63, 3.8) is 0 Å². The lowest BCUT2D eigenvalue weighted by Gasteiger charge is -2.41. The lowest BCUT2D eigenvalue weighted by Crippen LogP contribution is -2.48. The Labute approximate surface area is 165 Å². The zero-order valence-electron chi connectivity index (χ0n) is 15.9. The predicted molar refractivity (Wildman–Crippen MR) is 112 cm³/mol. The number of hydrazone groups is 1. The van der Waals surface area contributed by atoms with Gasteiger partial charge in [-0.15, -0.1) is 0 Å². The molecule has 0 saturated carbocycles. The summed E-state index contributed by atoms with van der Waals surface area (Å²) in [6.45, 7) is 2.98. The molecule has 1 amide bonds. The number of rotatable bonds is 4. The molecule has 4 heteroatoms. The van der Waals surface area contributed by atoms with Crippen LogP contribution in [0.1, 0.15) is 29.8 Å². The Bertz CT molecular complexity index is 955. The molecule has 0 saturated heterocycles. The van der Waals surface area contributed by atoms with Crippen molar-refractivity contribution in [1.29, 1.82) is 0 Å². The topological polar surface area (TPSA) is 35.9 Å². The van der Waals surface area contributed by atoms with Crippen LogP contribution in [0, 0.1) is 0 Å². The normalized spacial score (nSPS) is 17.2. The second-order valence-corrected chi connectivity index (χ2v) is 6.95. The first kappa shape index (κ1) is 18.1. The molecule has 0 spiro atoms. The van der Waals surface area contributed by atoms with E-state index in [9.17, 15) is 4.79 Å². The SMILES string of the molecule is CC(=O)N1N=C(c2ccccc2)CN(Cc2ccccc2)[C@@H]1c1ccccc1. The zero-order chi connectivity index (χ0) is 19.3. The smallest absolute Gasteiger partial charge is 0.241 e. The molecule has 0 unspecified atom stereocenters. The molecule has 0 aliphatic carbocycles. The van der Waals surface area contributed by atoms with Gasteiger partial charge in [0.25, 0.3) is 0 Å². The maximum Gasteiger partial charge on any atom is 0.241 e. The van der Waals surface area contributed by atoms with E-state index < -0.39 is 0 Å². The standard InChI is InChI=1S/C24H23N3O/c1-19(28)27-24(22-15-9-4-10-16-22)26(17-20-11-5-2-6-12-20)18-23(25-27)21-13-7-3-8-14-21/h2-16,24H,17-18H2,1H3/t24-/m0/s1. The molecule has 0 aromatic heterocycles. The summed E-state index contributed by atoms with van der Waals surface area (Å²) in [7, 11) is 0. The third-order valence-electron chi connectivity index (χ3n) is 4.91. The minimum Gasteiger partial charge on any atom is -0.273 e. The first-order valence-electron chi connectivity index (χ1n) is 9.48. The maximum atomic E-state index is 12.5. The van der Waals surface area contributed by atoms with Gasteiger partial charge in [-0.05, 0) is 16.7 Å². The van der Waals surface area contributed by atoms with Gasteiger partial charge in [-0.2, -0.15) is 5.10 Å². The minimum absolute atomic E-state index is 0.0694. The Kier molecular flexibility index (Phi) is 5.31. The van der Waals surface area contributed by atoms with Crippen LogP contribution in [-0.2, 0) is 11.3 Å². The Morgan fingerprint density at radius 3 is 2.07 bits per heavy atom. The van der Waals surface area contributed by atoms with E-state index in [1.807, 2.05) is 66.7 Å². The van der Waals surface area contributed by atoms with E-state index in [2.05, 4.69) is 29.2 Å². The molecule has 0 N–H and O–H groups in total. The Hall–Kier alpha value is -3.24. The second-order valence-electron chi connectivity index (χ2n) is 6.95. The van der Waals surface area contributed by atoms with Gasteiger partial charge in [0.15, 0.2) is 0 Å². The van der Waals surface area contributed by atoms with Crippen molar-refractivity contribution in [3.05, 3.63) is 108 Å². The summed E-state index contributed by atoms with van der Waals surface area (Å²) < 4.78 is 0. The summed E-state index contributed by atoms with van der Waals surface area (Å²) in [4.78, 5) is 14.9. The fraction of sp³-hybridized carbons (Fsp3) is 0.167.